The lowest BCUT2D eigenvalue weighted by Gasteiger charge is -2.57. The number of allylic oxidation sites excluding steroid dienone is 1. The maximum absolute atomic E-state index is 12.5. The highest BCUT2D eigenvalue weighted by Gasteiger charge is 2.51. The lowest BCUT2D eigenvalue weighted by molar-refractivity contribution is -0.00519. The summed E-state index contributed by atoms with van der Waals surface area (Å²) in [6, 6.07) is 18.6. The largest absolute Gasteiger partial charge is 0.289 e. The predicted molar refractivity (Wildman–Crippen MR) is 106 cm³/mol. The molecule has 0 atom stereocenters. The van der Waals surface area contributed by atoms with E-state index in [2.05, 4.69) is 12.1 Å². The Balaban J connectivity index is 1.35. The number of carbonyl (C=O) groups is 1. The molecule has 2 aromatic carbocycles. The lowest BCUT2D eigenvalue weighted by Crippen LogP contribution is -2.48. The van der Waals surface area contributed by atoms with Gasteiger partial charge in [0.05, 0.1) is 0 Å². The standard InChI is InChI=1S/C25H26O/c26-24(11-6-18-4-2-1-3-5-18)22-7-9-23(10-8-22)25-15-19-12-20(16-25)14-21(13-19)17-25/h1-11,19-21H,12-17H2/b11-6+. The topological polar surface area (TPSA) is 17.1 Å². The first-order valence-corrected chi connectivity index (χ1v) is 10.1. The molecule has 0 amide bonds. The highest BCUT2D eigenvalue weighted by atomic mass is 16.1. The zero-order chi connectivity index (χ0) is 17.6. The van der Waals surface area contributed by atoms with Gasteiger partial charge in [0.25, 0.3) is 0 Å². The van der Waals surface area contributed by atoms with Crippen LogP contribution in [0.2, 0.25) is 0 Å². The molecule has 1 nitrogen and oxygen atoms in total. The molecule has 4 saturated carbocycles. The van der Waals surface area contributed by atoms with Gasteiger partial charge in [-0.2, -0.15) is 0 Å². The lowest BCUT2D eigenvalue weighted by atomic mass is 9.48. The Kier molecular flexibility index (Phi) is 3.85. The van der Waals surface area contributed by atoms with Crippen molar-refractivity contribution in [3.8, 4) is 0 Å². The van der Waals surface area contributed by atoms with Crippen LogP contribution < -0.4 is 0 Å². The van der Waals surface area contributed by atoms with E-state index in [0.717, 1.165) is 28.9 Å². The molecule has 4 aliphatic rings. The van der Waals surface area contributed by atoms with Crippen molar-refractivity contribution in [2.24, 2.45) is 17.8 Å². The molecule has 0 spiro atoms. The van der Waals surface area contributed by atoms with Crippen LogP contribution >= 0.6 is 0 Å². The average Bonchev–Trinajstić information content (AvgIpc) is 2.66. The third-order valence-electron chi connectivity index (χ3n) is 7.05. The van der Waals surface area contributed by atoms with Gasteiger partial charge in [-0.25, -0.2) is 0 Å². The molecule has 6 rings (SSSR count). The van der Waals surface area contributed by atoms with Gasteiger partial charge in [-0.15, -0.1) is 0 Å². The first kappa shape index (κ1) is 16.1. The molecular weight excluding hydrogens is 316 g/mol. The average molecular weight is 342 g/mol. The molecule has 0 radical (unpaired) electrons. The summed E-state index contributed by atoms with van der Waals surface area (Å²) in [5, 5.41) is 0. The van der Waals surface area contributed by atoms with Crippen molar-refractivity contribution in [3.63, 3.8) is 0 Å². The molecule has 0 unspecified atom stereocenters. The van der Waals surface area contributed by atoms with E-state index >= 15 is 0 Å². The number of carbonyl (C=O) groups excluding carboxylic acids is 1. The minimum atomic E-state index is 0.0888. The summed E-state index contributed by atoms with van der Waals surface area (Å²) in [7, 11) is 0. The summed E-state index contributed by atoms with van der Waals surface area (Å²) in [5.41, 5.74) is 3.76. The summed E-state index contributed by atoms with van der Waals surface area (Å²) in [4.78, 5) is 12.5. The highest BCUT2D eigenvalue weighted by molar-refractivity contribution is 6.06. The van der Waals surface area contributed by atoms with Crippen LogP contribution in [-0.2, 0) is 5.41 Å². The second-order valence-electron chi connectivity index (χ2n) is 8.88. The van der Waals surface area contributed by atoms with Crippen LogP contribution in [0.5, 0.6) is 0 Å². The second-order valence-corrected chi connectivity index (χ2v) is 8.88. The molecule has 2 aromatic rings. The van der Waals surface area contributed by atoms with E-state index in [-0.39, 0.29) is 5.78 Å². The van der Waals surface area contributed by atoms with E-state index in [4.69, 9.17) is 0 Å². The van der Waals surface area contributed by atoms with Crippen molar-refractivity contribution >= 4 is 11.9 Å². The molecule has 0 aliphatic heterocycles. The molecule has 26 heavy (non-hydrogen) atoms. The summed E-state index contributed by atoms with van der Waals surface area (Å²) in [6.07, 6.45) is 12.1. The van der Waals surface area contributed by atoms with E-state index in [1.165, 1.54) is 44.1 Å². The normalized spacial score (nSPS) is 32.2. The minimum absolute atomic E-state index is 0.0888. The predicted octanol–water partition coefficient (Wildman–Crippen LogP) is 6.05. The third kappa shape index (κ3) is 2.84. The number of rotatable bonds is 4. The first-order chi connectivity index (χ1) is 12.7. The van der Waals surface area contributed by atoms with Crippen molar-refractivity contribution in [2.75, 3.05) is 0 Å². The molecule has 0 aromatic heterocycles. The number of ketones is 1. The Hall–Kier alpha value is -2.15. The minimum Gasteiger partial charge on any atom is -0.289 e. The van der Waals surface area contributed by atoms with Crippen molar-refractivity contribution < 1.29 is 4.79 Å². The highest BCUT2D eigenvalue weighted by Crippen LogP contribution is 2.60. The van der Waals surface area contributed by atoms with Crippen LogP contribution in [0.25, 0.3) is 6.08 Å². The van der Waals surface area contributed by atoms with Gasteiger partial charge in [-0.05, 0) is 78.9 Å². The van der Waals surface area contributed by atoms with Crippen LogP contribution in [0, 0.1) is 17.8 Å². The maximum atomic E-state index is 12.5. The fourth-order valence-corrected chi connectivity index (χ4v) is 6.28. The molecule has 4 fully saturated rings. The quantitative estimate of drug-likeness (QED) is 0.488. The Labute approximate surface area is 156 Å². The van der Waals surface area contributed by atoms with E-state index in [0.29, 0.717) is 5.41 Å². The zero-order valence-corrected chi connectivity index (χ0v) is 15.2. The Morgan fingerprint density at radius 1 is 0.808 bits per heavy atom. The monoisotopic (exact) mass is 342 g/mol. The van der Waals surface area contributed by atoms with Crippen molar-refractivity contribution in [3.05, 3.63) is 77.4 Å². The molecule has 1 heteroatoms. The van der Waals surface area contributed by atoms with Crippen LogP contribution in [0.1, 0.15) is 60.0 Å². The molecular formula is C25H26O. The van der Waals surface area contributed by atoms with Gasteiger partial charge in [0.1, 0.15) is 0 Å². The molecule has 132 valence electrons. The first-order valence-electron chi connectivity index (χ1n) is 10.1. The molecule has 4 bridgehead atoms. The molecule has 0 heterocycles. The van der Waals surface area contributed by atoms with Gasteiger partial charge in [0.15, 0.2) is 5.78 Å². The Bertz CT molecular complexity index is 793. The number of hydrogen-bond donors (Lipinski definition) is 0. The molecule has 0 N–H and O–H groups in total. The third-order valence-corrected chi connectivity index (χ3v) is 7.05. The maximum Gasteiger partial charge on any atom is 0.185 e. The summed E-state index contributed by atoms with van der Waals surface area (Å²) < 4.78 is 0. The smallest absolute Gasteiger partial charge is 0.185 e. The summed E-state index contributed by atoms with van der Waals surface area (Å²) in [5.74, 6) is 2.95. The SMILES string of the molecule is O=C(/C=C/c1ccccc1)c1ccc(C23CC4CC(CC(C4)C2)C3)cc1. The van der Waals surface area contributed by atoms with Gasteiger partial charge in [-0.1, -0.05) is 60.7 Å². The van der Waals surface area contributed by atoms with Gasteiger partial charge in [0, 0.05) is 5.56 Å². The van der Waals surface area contributed by atoms with Crippen LogP contribution in [0.15, 0.2) is 60.7 Å². The van der Waals surface area contributed by atoms with Gasteiger partial charge >= 0.3 is 0 Å². The molecule has 0 saturated heterocycles. The van der Waals surface area contributed by atoms with Gasteiger partial charge in [-0.3, -0.25) is 4.79 Å². The van der Waals surface area contributed by atoms with Crippen LogP contribution in [0.3, 0.4) is 0 Å². The van der Waals surface area contributed by atoms with E-state index in [1.54, 1.807) is 6.08 Å². The second kappa shape index (κ2) is 6.23. The van der Waals surface area contributed by atoms with Crippen LogP contribution in [-0.4, -0.2) is 5.78 Å². The van der Waals surface area contributed by atoms with Crippen molar-refractivity contribution in [1.29, 1.82) is 0 Å². The van der Waals surface area contributed by atoms with Crippen molar-refractivity contribution in [1.82, 2.24) is 0 Å². The fraction of sp³-hybridized carbons (Fsp3) is 0.400. The fourth-order valence-electron chi connectivity index (χ4n) is 6.28. The van der Waals surface area contributed by atoms with E-state index in [1.807, 2.05) is 48.5 Å². The van der Waals surface area contributed by atoms with Crippen molar-refractivity contribution in [2.45, 2.75) is 43.9 Å². The van der Waals surface area contributed by atoms with Gasteiger partial charge < -0.3 is 0 Å². The Morgan fingerprint density at radius 3 is 1.96 bits per heavy atom. The summed E-state index contributed by atoms with van der Waals surface area (Å²) >= 11 is 0. The number of benzene rings is 2. The van der Waals surface area contributed by atoms with E-state index < -0.39 is 0 Å². The zero-order valence-electron chi connectivity index (χ0n) is 15.2. The van der Waals surface area contributed by atoms with Crippen LogP contribution in [0.4, 0.5) is 0 Å². The Morgan fingerprint density at radius 2 is 1.38 bits per heavy atom. The summed E-state index contributed by atoms with van der Waals surface area (Å²) in [6.45, 7) is 0. The number of hydrogen-bond acceptors (Lipinski definition) is 1. The van der Waals surface area contributed by atoms with Gasteiger partial charge in [0.2, 0.25) is 0 Å². The molecule has 4 aliphatic carbocycles. The van der Waals surface area contributed by atoms with E-state index in [9.17, 15) is 4.79 Å².